The summed E-state index contributed by atoms with van der Waals surface area (Å²) in [5, 5.41) is 4.48. The highest BCUT2D eigenvalue weighted by Crippen LogP contribution is 2.32. The minimum Gasteiger partial charge on any atom is -0.445 e. The lowest BCUT2D eigenvalue weighted by Gasteiger charge is -2.32. The lowest BCUT2D eigenvalue weighted by atomic mass is 10.0. The minimum absolute atomic E-state index is 0.0848. The molecule has 2 aliphatic heterocycles. The average Bonchev–Trinajstić information content (AvgIpc) is 3.34. The van der Waals surface area contributed by atoms with E-state index in [1.807, 2.05) is 23.4 Å². The Bertz CT molecular complexity index is 762. The van der Waals surface area contributed by atoms with E-state index < -0.39 is 0 Å². The molecule has 0 spiro atoms. The molecule has 1 amide bonds. The fraction of sp³-hybridized carbons (Fsp3) is 0.647. The van der Waals surface area contributed by atoms with E-state index in [-0.39, 0.29) is 18.1 Å². The van der Waals surface area contributed by atoms with Crippen molar-refractivity contribution in [3.63, 3.8) is 0 Å². The van der Waals surface area contributed by atoms with Crippen LogP contribution in [0.1, 0.15) is 65.7 Å². The summed E-state index contributed by atoms with van der Waals surface area (Å²) in [5.74, 6) is 2.13. The molecule has 4 rings (SSSR count). The van der Waals surface area contributed by atoms with Crippen molar-refractivity contribution in [3.8, 4) is 0 Å². The Hall–Kier alpha value is -2.22. The molecule has 2 fully saturated rings. The maximum Gasteiger partial charge on any atom is 0.276 e. The van der Waals surface area contributed by atoms with Gasteiger partial charge in [-0.3, -0.25) is 4.79 Å². The summed E-state index contributed by atoms with van der Waals surface area (Å²) in [6, 6.07) is 0.150. The first kappa shape index (κ1) is 16.3. The Kier molecular flexibility index (Phi) is 4.29. The van der Waals surface area contributed by atoms with Gasteiger partial charge in [0, 0.05) is 19.7 Å². The SMILES string of the molecule is Cc1nc(C)n([C@H]2CCCN(C(=O)c3ncoc3[C@H]3CCCO3)C2)n1. The zero-order valence-corrected chi connectivity index (χ0v) is 14.6. The van der Waals surface area contributed by atoms with E-state index in [4.69, 9.17) is 9.15 Å². The van der Waals surface area contributed by atoms with Crippen LogP contribution in [0.3, 0.4) is 0 Å². The lowest BCUT2D eigenvalue weighted by Crippen LogP contribution is -2.41. The minimum atomic E-state index is -0.151. The molecule has 8 nitrogen and oxygen atoms in total. The first-order valence-corrected chi connectivity index (χ1v) is 8.87. The van der Waals surface area contributed by atoms with Crippen molar-refractivity contribution in [3.05, 3.63) is 29.5 Å². The van der Waals surface area contributed by atoms with Crippen molar-refractivity contribution in [2.75, 3.05) is 19.7 Å². The van der Waals surface area contributed by atoms with Gasteiger partial charge in [-0.1, -0.05) is 0 Å². The number of ether oxygens (including phenoxy) is 1. The monoisotopic (exact) mass is 345 g/mol. The molecule has 2 atom stereocenters. The second kappa shape index (κ2) is 6.59. The number of piperidine rings is 1. The van der Waals surface area contributed by atoms with Crippen LogP contribution in [0.5, 0.6) is 0 Å². The number of rotatable bonds is 3. The van der Waals surface area contributed by atoms with E-state index in [1.165, 1.54) is 6.39 Å². The molecule has 0 bridgehead atoms. The Morgan fingerprint density at radius 2 is 2.16 bits per heavy atom. The number of hydrogen-bond acceptors (Lipinski definition) is 6. The number of likely N-dealkylation sites (tertiary alicyclic amines) is 1. The van der Waals surface area contributed by atoms with E-state index >= 15 is 0 Å². The highest BCUT2D eigenvalue weighted by Gasteiger charge is 2.33. The maximum absolute atomic E-state index is 13.0. The molecule has 4 heterocycles. The predicted octanol–water partition coefficient (Wildman–Crippen LogP) is 2.21. The van der Waals surface area contributed by atoms with Gasteiger partial charge in [0.1, 0.15) is 17.8 Å². The summed E-state index contributed by atoms with van der Waals surface area (Å²) >= 11 is 0. The number of aromatic nitrogens is 4. The molecule has 0 radical (unpaired) electrons. The molecule has 2 aliphatic rings. The van der Waals surface area contributed by atoms with Crippen molar-refractivity contribution < 1.29 is 13.9 Å². The Morgan fingerprint density at radius 1 is 1.28 bits per heavy atom. The molecule has 134 valence electrons. The van der Waals surface area contributed by atoms with E-state index in [1.54, 1.807) is 0 Å². The van der Waals surface area contributed by atoms with E-state index in [0.29, 0.717) is 24.6 Å². The topological polar surface area (TPSA) is 86.3 Å². The largest absolute Gasteiger partial charge is 0.445 e. The molecular formula is C17H23N5O3. The highest BCUT2D eigenvalue weighted by atomic mass is 16.5. The summed E-state index contributed by atoms with van der Waals surface area (Å²) in [6.45, 7) is 5.88. The molecule has 0 saturated carbocycles. The molecule has 0 N–H and O–H groups in total. The highest BCUT2D eigenvalue weighted by molar-refractivity contribution is 5.93. The van der Waals surface area contributed by atoms with Crippen LogP contribution in [0.4, 0.5) is 0 Å². The number of nitrogens with zero attached hydrogens (tertiary/aromatic N) is 5. The first-order valence-electron chi connectivity index (χ1n) is 8.87. The van der Waals surface area contributed by atoms with Crippen molar-refractivity contribution in [1.29, 1.82) is 0 Å². The van der Waals surface area contributed by atoms with Gasteiger partial charge in [0.05, 0.1) is 6.04 Å². The van der Waals surface area contributed by atoms with Gasteiger partial charge < -0.3 is 14.1 Å². The fourth-order valence-corrected chi connectivity index (χ4v) is 3.80. The van der Waals surface area contributed by atoms with Gasteiger partial charge in [0.25, 0.3) is 5.91 Å². The zero-order chi connectivity index (χ0) is 17.4. The maximum atomic E-state index is 13.0. The van der Waals surface area contributed by atoms with Crippen LogP contribution >= 0.6 is 0 Å². The molecule has 2 aromatic heterocycles. The van der Waals surface area contributed by atoms with Gasteiger partial charge in [-0.25, -0.2) is 14.6 Å². The van der Waals surface area contributed by atoms with E-state index in [0.717, 1.165) is 43.9 Å². The fourth-order valence-electron chi connectivity index (χ4n) is 3.80. The standard InChI is InChI=1S/C17H23N5O3/c1-11-19-12(2)22(20-11)13-5-3-7-21(9-13)17(23)15-16(25-10-18-15)14-6-4-8-24-14/h10,13-14H,3-9H2,1-2H3/t13-,14+/m0/s1. The molecule has 0 aromatic carbocycles. The van der Waals surface area contributed by atoms with Gasteiger partial charge in [-0.05, 0) is 39.5 Å². The Morgan fingerprint density at radius 3 is 2.88 bits per heavy atom. The number of aryl methyl sites for hydroxylation is 2. The van der Waals surface area contributed by atoms with Crippen molar-refractivity contribution in [2.45, 2.75) is 51.7 Å². The van der Waals surface area contributed by atoms with Crippen molar-refractivity contribution in [2.24, 2.45) is 0 Å². The van der Waals surface area contributed by atoms with Gasteiger partial charge >= 0.3 is 0 Å². The third-order valence-electron chi connectivity index (χ3n) is 4.96. The number of oxazole rings is 1. The smallest absolute Gasteiger partial charge is 0.276 e. The molecule has 0 unspecified atom stereocenters. The zero-order valence-electron chi connectivity index (χ0n) is 14.6. The third kappa shape index (κ3) is 3.06. The van der Waals surface area contributed by atoms with Gasteiger partial charge in [-0.15, -0.1) is 0 Å². The van der Waals surface area contributed by atoms with Crippen LogP contribution in [0.15, 0.2) is 10.8 Å². The lowest BCUT2D eigenvalue weighted by molar-refractivity contribution is 0.0639. The summed E-state index contributed by atoms with van der Waals surface area (Å²) in [6.07, 6.45) is 4.97. The quantitative estimate of drug-likeness (QED) is 0.848. The molecule has 0 aliphatic carbocycles. The van der Waals surface area contributed by atoms with E-state index in [9.17, 15) is 4.79 Å². The number of hydrogen-bond donors (Lipinski definition) is 0. The second-order valence-corrected chi connectivity index (χ2v) is 6.76. The summed E-state index contributed by atoms with van der Waals surface area (Å²) in [7, 11) is 0. The van der Waals surface area contributed by atoms with Gasteiger partial charge in [0.2, 0.25) is 0 Å². The van der Waals surface area contributed by atoms with Crippen molar-refractivity contribution >= 4 is 5.91 Å². The van der Waals surface area contributed by atoms with Crippen LogP contribution in [0, 0.1) is 13.8 Å². The predicted molar refractivity (Wildman–Crippen MR) is 88.1 cm³/mol. The van der Waals surface area contributed by atoms with Crippen LogP contribution in [-0.4, -0.2) is 50.3 Å². The number of carbonyl (C=O) groups excluding carboxylic acids is 1. The molecule has 25 heavy (non-hydrogen) atoms. The first-order chi connectivity index (χ1) is 12.1. The summed E-state index contributed by atoms with van der Waals surface area (Å²) in [4.78, 5) is 23.4. The van der Waals surface area contributed by atoms with Crippen LogP contribution < -0.4 is 0 Å². The van der Waals surface area contributed by atoms with Gasteiger partial charge in [0.15, 0.2) is 17.8 Å². The van der Waals surface area contributed by atoms with Gasteiger partial charge in [-0.2, -0.15) is 5.10 Å². The normalized spacial score (nSPS) is 24.0. The molecule has 8 heteroatoms. The molecule has 2 aromatic rings. The summed E-state index contributed by atoms with van der Waals surface area (Å²) < 4.78 is 13.1. The average molecular weight is 345 g/mol. The third-order valence-corrected chi connectivity index (χ3v) is 4.96. The number of carbonyl (C=O) groups is 1. The van der Waals surface area contributed by atoms with E-state index in [2.05, 4.69) is 15.1 Å². The van der Waals surface area contributed by atoms with Crippen LogP contribution in [-0.2, 0) is 4.74 Å². The van der Waals surface area contributed by atoms with Crippen LogP contribution in [0.2, 0.25) is 0 Å². The van der Waals surface area contributed by atoms with Crippen molar-refractivity contribution in [1.82, 2.24) is 24.6 Å². The molecule has 2 saturated heterocycles. The molecular weight excluding hydrogens is 322 g/mol. The Balaban J connectivity index is 1.52. The number of amides is 1. The van der Waals surface area contributed by atoms with Crippen LogP contribution in [0.25, 0.3) is 0 Å². The summed E-state index contributed by atoms with van der Waals surface area (Å²) in [5.41, 5.74) is 0.388. The second-order valence-electron chi connectivity index (χ2n) is 6.76. The Labute approximate surface area is 146 Å².